The number of hydrogen-bond acceptors (Lipinski definition) is 3. The van der Waals surface area contributed by atoms with E-state index in [0.717, 1.165) is 5.56 Å². The predicted molar refractivity (Wildman–Crippen MR) is 78.3 cm³/mol. The molecule has 0 bridgehead atoms. The summed E-state index contributed by atoms with van der Waals surface area (Å²) in [5.41, 5.74) is 7.04. The van der Waals surface area contributed by atoms with Gasteiger partial charge in [-0.05, 0) is 31.5 Å². The number of thiocarbonyl (C=S) groups is 1. The summed E-state index contributed by atoms with van der Waals surface area (Å²) in [5, 5.41) is 0. The maximum absolute atomic E-state index is 12.1. The zero-order chi connectivity index (χ0) is 14.0. The molecule has 19 heavy (non-hydrogen) atoms. The third-order valence-corrected chi connectivity index (χ3v) is 3.07. The predicted octanol–water partition coefficient (Wildman–Crippen LogP) is 1.31. The summed E-state index contributed by atoms with van der Waals surface area (Å²) >= 11 is 4.89. The summed E-state index contributed by atoms with van der Waals surface area (Å²) in [7, 11) is 0. The molecule has 5 nitrogen and oxygen atoms in total. The van der Waals surface area contributed by atoms with Crippen LogP contribution in [0.1, 0.15) is 31.1 Å². The van der Waals surface area contributed by atoms with E-state index in [0.29, 0.717) is 12.2 Å². The van der Waals surface area contributed by atoms with Crippen LogP contribution in [0.5, 0.6) is 0 Å². The number of hydrogen-bond donors (Lipinski definition) is 1. The molecule has 0 aliphatic carbocycles. The molecule has 2 aromatic heterocycles. The molecule has 2 heterocycles. The van der Waals surface area contributed by atoms with E-state index in [1.807, 2.05) is 26.0 Å². The first-order valence-electron chi connectivity index (χ1n) is 6.01. The van der Waals surface area contributed by atoms with E-state index in [9.17, 15) is 4.79 Å². The van der Waals surface area contributed by atoms with Crippen LogP contribution in [-0.2, 0) is 6.54 Å². The summed E-state index contributed by atoms with van der Waals surface area (Å²) in [4.78, 5) is 16.4. The van der Waals surface area contributed by atoms with Crippen molar-refractivity contribution in [1.82, 2.24) is 14.1 Å². The molecule has 0 aliphatic heterocycles. The molecule has 2 rings (SSSR count). The van der Waals surface area contributed by atoms with Crippen LogP contribution in [0.2, 0.25) is 0 Å². The van der Waals surface area contributed by atoms with Gasteiger partial charge in [-0.2, -0.15) is 0 Å². The van der Waals surface area contributed by atoms with E-state index >= 15 is 0 Å². The molecule has 2 aromatic rings. The Kier molecular flexibility index (Phi) is 3.80. The first-order chi connectivity index (χ1) is 8.99. The van der Waals surface area contributed by atoms with Crippen LogP contribution in [0, 0.1) is 0 Å². The van der Waals surface area contributed by atoms with Gasteiger partial charge in [0.2, 0.25) is 0 Å². The van der Waals surface area contributed by atoms with Crippen molar-refractivity contribution in [3.63, 3.8) is 0 Å². The molecule has 0 radical (unpaired) electrons. The van der Waals surface area contributed by atoms with Gasteiger partial charge in [0.05, 0.1) is 12.2 Å². The number of pyridine rings is 1. The van der Waals surface area contributed by atoms with Crippen molar-refractivity contribution in [3.8, 4) is 0 Å². The van der Waals surface area contributed by atoms with E-state index in [4.69, 9.17) is 18.0 Å². The van der Waals surface area contributed by atoms with Crippen molar-refractivity contribution in [3.05, 3.63) is 52.5 Å². The van der Waals surface area contributed by atoms with Crippen molar-refractivity contribution in [2.24, 2.45) is 5.73 Å². The highest BCUT2D eigenvalue weighted by molar-refractivity contribution is 7.80. The van der Waals surface area contributed by atoms with Crippen LogP contribution in [0.25, 0.3) is 0 Å². The van der Waals surface area contributed by atoms with Crippen LogP contribution in [0.4, 0.5) is 0 Å². The normalized spacial score (nSPS) is 10.9. The Morgan fingerprint density at radius 3 is 2.79 bits per heavy atom. The van der Waals surface area contributed by atoms with Crippen LogP contribution in [-0.4, -0.2) is 19.1 Å². The van der Waals surface area contributed by atoms with E-state index < -0.39 is 0 Å². The fourth-order valence-corrected chi connectivity index (χ4v) is 1.96. The summed E-state index contributed by atoms with van der Waals surface area (Å²) in [6, 6.07) is 3.81. The van der Waals surface area contributed by atoms with Gasteiger partial charge in [0.15, 0.2) is 0 Å². The Morgan fingerprint density at radius 2 is 2.21 bits per heavy atom. The van der Waals surface area contributed by atoms with E-state index in [1.54, 1.807) is 27.7 Å². The Morgan fingerprint density at radius 1 is 1.47 bits per heavy atom. The largest absolute Gasteiger partial charge is 0.388 e. The lowest BCUT2D eigenvalue weighted by molar-refractivity contribution is 0.561. The van der Waals surface area contributed by atoms with Gasteiger partial charge in [0.25, 0.3) is 0 Å². The highest BCUT2D eigenvalue weighted by Gasteiger charge is 2.07. The third-order valence-electron chi connectivity index (χ3n) is 2.86. The minimum Gasteiger partial charge on any atom is -0.388 e. The molecule has 100 valence electrons. The standard InChI is InChI=1S/C13H16N4OS/c1-9(2)17-6-5-16(13(17)18)8-10-3-4-15-11(7-10)12(14)19/h3-7,9H,8H2,1-2H3,(H2,14,19). The zero-order valence-electron chi connectivity index (χ0n) is 10.9. The van der Waals surface area contributed by atoms with Crippen molar-refractivity contribution < 1.29 is 0 Å². The molecule has 0 aliphatic rings. The minimum absolute atomic E-state index is 0.0244. The lowest BCUT2D eigenvalue weighted by Gasteiger charge is -2.06. The monoisotopic (exact) mass is 276 g/mol. The Balaban J connectivity index is 2.29. The highest BCUT2D eigenvalue weighted by atomic mass is 32.1. The Labute approximate surface area is 116 Å². The molecule has 0 amide bonds. The van der Waals surface area contributed by atoms with Crippen molar-refractivity contribution in [2.75, 3.05) is 0 Å². The van der Waals surface area contributed by atoms with E-state index in [-0.39, 0.29) is 16.7 Å². The van der Waals surface area contributed by atoms with Crippen molar-refractivity contribution >= 4 is 17.2 Å². The maximum atomic E-state index is 12.1. The van der Waals surface area contributed by atoms with Gasteiger partial charge >= 0.3 is 5.69 Å². The van der Waals surface area contributed by atoms with Gasteiger partial charge in [-0.1, -0.05) is 12.2 Å². The van der Waals surface area contributed by atoms with Crippen LogP contribution in [0.15, 0.2) is 35.5 Å². The number of aromatic nitrogens is 3. The fraction of sp³-hybridized carbons (Fsp3) is 0.308. The molecular formula is C13H16N4OS. The van der Waals surface area contributed by atoms with E-state index in [2.05, 4.69) is 4.98 Å². The molecule has 0 atom stereocenters. The zero-order valence-corrected chi connectivity index (χ0v) is 11.7. The van der Waals surface area contributed by atoms with Crippen molar-refractivity contribution in [1.29, 1.82) is 0 Å². The number of imidazole rings is 1. The quantitative estimate of drug-likeness (QED) is 0.855. The maximum Gasteiger partial charge on any atom is 0.328 e. The third kappa shape index (κ3) is 2.90. The molecule has 0 spiro atoms. The fourth-order valence-electron chi connectivity index (χ4n) is 1.85. The summed E-state index contributed by atoms with van der Waals surface area (Å²) in [6.45, 7) is 4.43. The van der Waals surface area contributed by atoms with Crippen LogP contribution >= 0.6 is 12.2 Å². The molecule has 0 saturated heterocycles. The summed E-state index contributed by atoms with van der Waals surface area (Å²) in [5.74, 6) is 0. The van der Waals surface area contributed by atoms with Gasteiger partial charge < -0.3 is 5.73 Å². The van der Waals surface area contributed by atoms with Gasteiger partial charge in [-0.25, -0.2) is 4.79 Å². The lowest BCUT2D eigenvalue weighted by atomic mass is 10.2. The summed E-state index contributed by atoms with van der Waals surface area (Å²) < 4.78 is 3.34. The highest BCUT2D eigenvalue weighted by Crippen LogP contribution is 2.05. The molecule has 0 unspecified atom stereocenters. The molecule has 0 aromatic carbocycles. The lowest BCUT2D eigenvalue weighted by Crippen LogP contribution is -2.25. The molecule has 6 heteroatoms. The Bertz CT molecular complexity index is 657. The first-order valence-corrected chi connectivity index (χ1v) is 6.42. The van der Waals surface area contributed by atoms with Gasteiger partial charge in [-0.3, -0.25) is 14.1 Å². The Hall–Kier alpha value is -1.95. The van der Waals surface area contributed by atoms with Crippen molar-refractivity contribution in [2.45, 2.75) is 26.4 Å². The van der Waals surface area contributed by atoms with Gasteiger partial charge in [-0.15, -0.1) is 0 Å². The summed E-state index contributed by atoms with van der Waals surface area (Å²) in [6.07, 6.45) is 5.22. The van der Waals surface area contributed by atoms with E-state index in [1.165, 1.54) is 0 Å². The topological polar surface area (TPSA) is 65.8 Å². The smallest absolute Gasteiger partial charge is 0.328 e. The average molecular weight is 276 g/mol. The minimum atomic E-state index is -0.0244. The van der Waals surface area contributed by atoms with Crippen LogP contribution in [0.3, 0.4) is 0 Å². The molecular weight excluding hydrogens is 260 g/mol. The first kappa shape index (κ1) is 13.5. The SMILES string of the molecule is CC(C)n1ccn(Cc2ccnc(C(N)=S)c2)c1=O. The number of nitrogens with zero attached hydrogens (tertiary/aromatic N) is 3. The average Bonchev–Trinajstić information content (AvgIpc) is 2.71. The van der Waals surface area contributed by atoms with Gasteiger partial charge in [0, 0.05) is 24.6 Å². The molecule has 2 N–H and O–H groups in total. The molecule has 0 saturated carbocycles. The number of nitrogens with two attached hydrogens (primary N) is 1. The second-order valence-electron chi connectivity index (χ2n) is 4.62. The molecule has 0 fully saturated rings. The second kappa shape index (κ2) is 5.36. The van der Waals surface area contributed by atoms with Crippen LogP contribution < -0.4 is 11.4 Å². The second-order valence-corrected chi connectivity index (χ2v) is 5.06. The van der Waals surface area contributed by atoms with Gasteiger partial charge in [0.1, 0.15) is 4.99 Å². The number of rotatable bonds is 4.